The van der Waals surface area contributed by atoms with Crippen molar-refractivity contribution in [1.29, 1.82) is 0 Å². The van der Waals surface area contributed by atoms with Gasteiger partial charge in [0.05, 0.1) is 33.0 Å². The first-order valence-corrected chi connectivity index (χ1v) is 27.8. The Bertz CT molecular complexity index is 2690. The van der Waals surface area contributed by atoms with Crippen molar-refractivity contribution in [3.05, 3.63) is 104 Å². The lowest BCUT2D eigenvalue weighted by atomic mass is 9.96. The standard InChI is InChI=1S/C60H83F2N2O15P/c1-33(2)49-43(65)23-21-39(63-49)27-41-35(5)25-45(47(61)37(41)7)76-59(29-72-51(67)55(9,10)11,30-73-52(68)56(12,13)14)78-80(71)79-60(31-74-53(69)57(15,16)17,32-75-54(70)58(18,19)20)77-46-26-36(6)42(38(8)48(46)62)28-40-22-24-44(66)50(64-40)34(3)4/h21-26,33-34,65-66,80H,27-32H2,1-20H3. The summed E-state index contributed by atoms with van der Waals surface area (Å²) < 4.78 is 97.5. The predicted molar refractivity (Wildman–Crippen MR) is 297 cm³/mol. The van der Waals surface area contributed by atoms with E-state index in [1.165, 1.54) is 38.1 Å². The fourth-order valence-electron chi connectivity index (χ4n) is 7.70. The third kappa shape index (κ3) is 17.4. The summed E-state index contributed by atoms with van der Waals surface area (Å²) in [5.74, 6) is -12.0. The Morgan fingerprint density at radius 3 is 1.04 bits per heavy atom. The molecular formula is C60H83F2N2O15P. The fourth-order valence-corrected chi connectivity index (χ4v) is 8.66. The van der Waals surface area contributed by atoms with Crippen LogP contribution in [0, 0.1) is 61.0 Å². The zero-order valence-electron chi connectivity index (χ0n) is 50.2. The molecule has 4 rings (SSSR count). The molecule has 0 saturated carbocycles. The second kappa shape index (κ2) is 25.7. The number of aromatic nitrogens is 2. The molecule has 2 N–H and O–H groups in total. The summed E-state index contributed by atoms with van der Waals surface area (Å²) in [6.45, 7) is 28.3. The number of pyridine rings is 2. The number of rotatable bonds is 22. The molecule has 0 spiro atoms. The number of esters is 4. The molecule has 0 atom stereocenters. The summed E-state index contributed by atoms with van der Waals surface area (Å²) >= 11 is 0. The molecule has 442 valence electrons. The minimum Gasteiger partial charge on any atom is -0.506 e. The van der Waals surface area contributed by atoms with Gasteiger partial charge in [-0.3, -0.25) is 42.8 Å². The molecule has 0 fully saturated rings. The zero-order chi connectivity index (χ0) is 60.8. The molecule has 0 saturated heterocycles. The van der Waals surface area contributed by atoms with Crippen molar-refractivity contribution in [2.24, 2.45) is 21.7 Å². The summed E-state index contributed by atoms with van der Waals surface area (Å²) in [6.07, 6.45) is 0.256. The minimum atomic E-state index is -4.43. The highest BCUT2D eigenvalue weighted by Gasteiger charge is 2.48. The van der Waals surface area contributed by atoms with Crippen molar-refractivity contribution in [3.8, 4) is 23.0 Å². The number of carbonyl (C=O) groups excluding carboxylic acids is 4. The number of hydrogen-bond donors (Lipinski definition) is 2. The maximum Gasteiger partial charge on any atom is 0.326 e. The maximum atomic E-state index is 17.1. The molecule has 2 heterocycles. The van der Waals surface area contributed by atoms with E-state index in [9.17, 15) is 29.4 Å². The molecule has 2 aromatic heterocycles. The Morgan fingerprint density at radius 1 is 0.512 bits per heavy atom. The molecule has 0 aliphatic heterocycles. The van der Waals surface area contributed by atoms with Gasteiger partial charge in [-0.2, -0.15) is 0 Å². The van der Waals surface area contributed by atoms with Gasteiger partial charge < -0.3 is 38.6 Å². The number of halogens is 2. The third-order valence-corrected chi connectivity index (χ3v) is 13.7. The van der Waals surface area contributed by atoms with Crippen LogP contribution in [0.4, 0.5) is 8.78 Å². The number of aryl methyl sites for hydroxylation is 2. The average Bonchev–Trinajstić information content (AvgIpc) is 3.33. The van der Waals surface area contributed by atoms with E-state index in [-0.39, 0.29) is 47.3 Å². The highest BCUT2D eigenvalue weighted by Crippen LogP contribution is 2.43. The normalized spacial score (nSPS) is 12.7. The van der Waals surface area contributed by atoms with Gasteiger partial charge in [-0.25, -0.2) is 8.78 Å². The van der Waals surface area contributed by atoms with Gasteiger partial charge in [0.25, 0.3) is 11.6 Å². The third-order valence-electron chi connectivity index (χ3n) is 12.6. The van der Waals surface area contributed by atoms with Gasteiger partial charge in [0.1, 0.15) is 11.5 Å². The molecule has 17 nitrogen and oxygen atoms in total. The number of ether oxygens (including phenoxy) is 6. The molecular weight excluding hydrogens is 1060 g/mol. The number of carbonyl (C=O) groups is 4. The summed E-state index contributed by atoms with van der Waals surface area (Å²) in [5.41, 5.74) is -0.578. The number of nitrogens with zero attached hydrogens (tertiary/aromatic N) is 2. The van der Waals surface area contributed by atoms with Gasteiger partial charge in [-0.15, -0.1) is 0 Å². The van der Waals surface area contributed by atoms with Crippen LogP contribution in [-0.4, -0.2) is 82.1 Å². The lowest BCUT2D eigenvalue weighted by Gasteiger charge is -2.37. The van der Waals surface area contributed by atoms with Gasteiger partial charge in [0.15, 0.2) is 49.6 Å². The van der Waals surface area contributed by atoms with Crippen molar-refractivity contribution < 1.29 is 80.2 Å². The molecule has 0 unspecified atom stereocenters. The van der Waals surface area contributed by atoms with E-state index in [0.29, 0.717) is 45.0 Å². The lowest BCUT2D eigenvalue weighted by molar-refractivity contribution is -0.225. The summed E-state index contributed by atoms with van der Waals surface area (Å²) in [4.78, 5) is 63.6. The lowest BCUT2D eigenvalue weighted by Crippen LogP contribution is -2.51. The van der Waals surface area contributed by atoms with E-state index >= 15 is 13.3 Å². The van der Waals surface area contributed by atoms with E-state index in [4.69, 9.17) is 37.5 Å². The van der Waals surface area contributed by atoms with Crippen LogP contribution in [0.25, 0.3) is 0 Å². The Kier molecular flexibility index (Phi) is 21.3. The van der Waals surface area contributed by atoms with Crippen molar-refractivity contribution in [3.63, 3.8) is 0 Å². The fraction of sp³-hybridized carbons (Fsp3) is 0.567. The Labute approximate surface area is 470 Å². The monoisotopic (exact) mass is 1140 g/mol. The van der Waals surface area contributed by atoms with Crippen LogP contribution in [0.5, 0.6) is 23.0 Å². The van der Waals surface area contributed by atoms with Gasteiger partial charge in [-0.1, -0.05) is 27.7 Å². The first-order chi connectivity index (χ1) is 36.6. The predicted octanol–water partition coefficient (Wildman–Crippen LogP) is 12.5. The topological polar surface area (TPSA) is 225 Å². The Hall–Kier alpha value is -6.17. The molecule has 4 aromatic rings. The van der Waals surface area contributed by atoms with E-state index in [0.717, 1.165) is 0 Å². The molecule has 20 heteroatoms. The summed E-state index contributed by atoms with van der Waals surface area (Å²) in [6, 6.07) is 8.91. The van der Waals surface area contributed by atoms with Gasteiger partial charge in [0, 0.05) is 24.2 Å². The van der Waals surface area contributed by atoms with Crippen molar-refractivity contribution >= 4 is 32.1 Å². The van der Waals surface area contributed by atoms with Crippen LogP contribution < -0.4 is 9.47 Å². The molecule has 0 radical (unpaired) electrons. The highest BCUT2D eigenvalue weighted by atomic mass is 31.1. The Balaban J connectivity index is 1.97. The molecule has 0 amide bonds. The van der Waals surface area contributed by atoms with E-state index in [1.54, 1.807) is 109 Å². The van der Waals surface area contributed by atoms with Crippen molar-refractivity contribution in [2.75, 3.05) is 26.4 Å². The van der Waals surface area contributed by atoms with Crippen LogP contribution in [-0.2, 0) is 64.6 Å². The number of hydrogen-bond acceptors (Lipinski definition) is 17. The van der Waals surface area contributed by atoms with E-state index in [2.05, 4.69) is 9.97 Å². The SMILES string of the molecule is Cc1cc(OC(COC(=O)C(C)(C)C)(COC(=O)C(C)(C)C)O[PH](=O)OC(COC(=O)C(C)(C)C)(COC(=O)C(C)(C)C)Oc2cc(C)c(Cc3ccc(O)c(C(C)C)n3)c(C)c2F)c(F)c(C)c1Cc1ccc(O)c(C(C)C)n1. The average molecular weight is 1140 g/mol. The van der Waals surface area contributed by atoms with Gasteiger partial charge in [0.2, 0.25) is 0 Å². The molecule has 0 aliphatic carbocycles. The first-order valence-electron chi connectivity index (χ1n) is 26.5. The van der Waals surface area contributed by atoms with Crippen LogP contribution in [0.3, 0.4) is 0 Å². The first kappa shape index (κ1) is 66.3. The van der Waals surface area contributed by atoms with Gasteiger partial charge >= 0.3 is 32.1 Å². The number of aromatic hydroxyl groups is 2. The van der Waals surface area contributed by atoms with Gasteiger partial charge in [-0.05, 0) is 192 Å². The summed E-state index contributed by atoms with van der Waals surface area (Å²) in [5, 5.41) is 20.9. The molecule has 80 heavy (non-hydrogen) atoms. The smallest absolute Gasteiger partial charge is 0.326 e. The molecule has 0 aliphatic rings. The van der Waals surface area contributed by atoms with Crippen LogP contribution >= 0.6 is 8.25 Å². The second-order valence-corrected chi connectivity index (χ2v) is 26.0. The number of benzene rings is 2. The highest BCUT2D eigenvalue weighted by molar-refractivity contribution is 7.33. The molecule has 0 bridgehead atoms. The maximum absolute atomic E-state index is 17.1. The quantitative estimate of drug-likeness (QED) is 0.0323. The van der Waals surface area contributed by atoms with E-state index in [1.807, 2.05) is 27.7 Å². The van der Waals surface area contributed by atoms with E-state index < -0.39 is 115 Å². The van der Waals surface area contributed by atoms with Crippen LogP contribution in [0.15, 0.2) is 36.4 Å². The van der Waals surface area contributed by atoms with Crippen molar-refractivity contribution in [2.45, 2.75) is 175 Å². The summed E-state index contributed by atoms with van der Waals surface area (Å²) in [7, 11) is -4.43. The zero-order valence-corrected chi connectivity index (χ0v) is 51.2. The second-order valence-electron chi connectivity index (χ2n) is 25.1. The minimum absolute atomic E-state index is 0.0129. The Morgan fingerprint density at radius 2 is 0.787 bits per heavy atom. The van der Waals surface area contributed by atoms with Crippen molar-refractivity contribution in [1.82, 2.24) is 9.97 Å². The van der Waals surface area contributed by atoms with Crippen LogP contribution in [0.2, 0.25) is 0 Å². The van der Waals surface area contributed by atoms with Crippen LogP contribution in [0.1, 0.15) is 179 Å². The largest absolute Gasteiger partial charge is 0.506 e. The molecule has 2 aromatic carbocycles.